The maximum atomic E-state index is 15.8. The number of carbonyl (C=O) groups excluding carboxylic acids is 2. The van der Waals surface area contributed by atoms with Crippen LogP contribution in [0, 0.1) is 0 Å². The van der Waals surface area contributed by atoms with Crippen molar-refractivity contribution in [2.75, 3.05) is 22.9 Å². The first-order valence-corrected chi connectivity index (χ1v) is 41.4. The van der Waals surface area contributed by atoms with Gasteiger partial charge in [0.1, 0.15) is 11.4 Å². The number of nitrogens with zero attached hydrogens (tertiary/aromatic N) is 4. The Bertz CT molecular complexity index is 4050. The van der Waals surface area contributed by atoms with E-state index in [1.807, 2.05) is 21.9 Å². The highest BCUT2D eigenvalue weighted by atomic mass is 32.1. The Morgan fingerprint density at radius 1 is 0.294 bits per heavy atom. The molecule has 534 valence electrons. The number of benzene rings is 6. The van der Waals surface area contributed by atoms with E-state index in [1.165, 1.54) is 165 Å². The van der Waals surface area contributed by atoms with Crippen molar-refractivity contribution in [3.05, 3.63) is 165 Å². The third-order valence-electron chi connectivity index (χ3n) is 21.7. The minimum absolute atomic E-state index is 0.0793. The monoisotopic (exact) mass is 1400 g/mol. The molecular weight excluding hydrogens is 1300 g/mol. The molecule has 0 saturated heterocycles. The molecule has 0 radical (unpaired) electrons. The summed E-state index contributed by atoms with van der Waals surface area (Å²) in [5, 5.41) is 0. The molecule has 8 heterocycles. The van der Waals surface area contributed by atoms with E-state index in [0.717, 1.165) is 186 Å². The largest absolute Gasteiger partial charge is 0.453 e. The predicted octanol–water partition coefficient (Wildman–Crippen LogP) is 28.0. The lowest BCUT2D eigenvalue weighted by molar-refractivity contribution is -0.124. The number of fused-ring (bicyclic) bond motifs is 9. The lowest BCUT2D eigenvalue weighted by Gasteiger charge is -2.38. The highest BCUT2D eigenvalue weighted by Gasteiger charge is 2.49. The lowest BCUT2D eigenvalue weighted by Crippen LogP contribution is -2.30. The molecule has 2 amide bonds. The van der Waals surface area contributed by atoms with Crippen molar-refractivity contribution < 1.29 is 28.5 Å². The topological polar surface area (TPSA) is 84.0 Å². The van der Waals surface area contributed by atoms with Crippen LogP contribution in [0.5, 0.6) is 46.0 Å². The molecule has 12 heteroatoms. The normalized spacial score (nSPS) is 14.3. The lowest BCUT2D eigenvalue weighted by atomic mass is 10.0. The third kappa shape index (κ3) is 15.4. The number of thiophene rings is 2. The van der Waals surface area contributed by atoms with Crippen molar-refractivity contribution in [2.45, 2.75) is 246 Å². The minimum Gasteiger partial charge on any atom is -0.453 e. The van der Waals surface area contributed by atoms with Crippen LogP contribution in [0.2, 0.25) is 0 Å². The van der Waals surface area contributed by atoms with Crippen LogP contribution in [-0.2, 0) is 22.4 Å². The molecule has 0 N–H and O–H groups in total. The SMILES string of the molecule is CCCCCCCCCCCCc1cc2c3c(c1)Oc1cc(-c4ccc(C5=C6C(=O)N(CCCCCCCC)C(c7ccc(-c8ccc9c(c8)Oc8cc(CCCCCCCCCCCC)cc%10c8N9c8ccccc8O%10)s7)=C6C(=O)N5CCCCCCCC)s4)ccc1N3c1ccccc1O2. The fourth-order valence-corrected chi connectivity index (χ4v) is 18.3. The summed E-state index contributed by atoms with van der Waals surface area (Å²) in [5.41, 5.74) is 12.8. The van der Waals surface area contributed by atoms with E-state index < -0.39 is 0 Å². The van der Waals surface area contributed by atoms with Gasteiger partial charge in [-0.05, 0) is 158 Å². The summed E-state index contributed by atoms with van der Waals surface area (Å²) in [6.07, 6.45) is 41.0. The fraction of sp³-hybridized carbons (Fsp3) is 0.444. The summed E-state index contributed by atoms with van der Waals surface area (Å²) in [6.45, 7) is 10.2. The standard InChI is InChI=1S/C90H106N4O6S2/c1-5-9-13-17-21-23-25-27-29-33-41-63-57-75-85-77(59-63)99-73-61-65(47-49-69(73)93(85)67-43-35-37-45-71(67)97-75)79-51-53-81(101-79)87-83-84(90(96)91(87)55-39-31-19-15-11-7-3)88(92(89(83)95)56-40-32-20-16-12-8-4)82-54-52-80(102-82)66-48-50-70-74(62-66)100-78-60-64(42-34-30-28-26-24-22-18-14-10-6-2)58-76-86(78)94(70)68-44-36-38-46-72(68)98-76/h35-38,43-54,57-62H,5-34,39-42,55-56H2,1-4H3. The van der Waals surface area contributed by atoms with E-state index in [0.29, 0.717) is 24.2 Å². The molecule has 0 atom stereocenters. The summed E-state index contributed by atoms with van der Waals surface area (Å²) in [7, 11) is 0. The molecule has 0 bridgehead atoms. The van der Waals surface area contributed by atoms with Crippen LogP contribution in [0.25, 0.3) is 32.3 Å². The van der Waals surface area contributed by atoms with Gasteiger partial charge in [-0.1, -0.05) is 244 Å². The Labute approximate surface area is 615 Å². The Hall–Kier alpha value is -8.06. The zero-order valence-electron chi connectivity index (χ0n) is 61.2. The Kier molecular flexibility index (Phi) is 23.7. The zero-order valence-corrected chi connectivity index (χ0v) is 62.8. The van der Waals surface area contributed by atoms with Gasteiger partial charge in [-0.2, -0.15) is 0 Å². The Morgan fingerprint density at radius 2 is 0.598 bits per heavy atom. The summed E-state index contributed by atoms with van der Waals surface area (Å²) >= 11 is 3.30. The van der Waals surface area contributed by atoms with E-state index in [4.69, 9.17) is 18.9 Å². The number of unbranched alkanes of at least 4 members (excludes halogenated alkanes) is 28. The predicted molar refractivity (Wildman–Crippen MR) is 424 cm³/mol. The fourth-order valence-electron chi connectivity index (χ4n) is 16.2. The van der Waals surface area contributed by atoms with Crippen molar-refractivity contribution in [1.82, 2.24) is 9.80 Å². The van der Waals surface area contributed by atoms with Gasteiger partial charge in [0.2, 0.25) is 0 Å². The Balaban J connectivity index is 0.763. The first kappa shape index (κ1) is 71.0. The summed E-state index contributed by atoms with van der Waals surface area (Å²) < 4.78 is 27.5. The van der Waals surface area contributed by atoms with E-state index in [-0.39, 0.29) is 11.8 Å². The molecule has 6 aromatic carbocycles. The molecule has 0 aliphatic carbocycles. The van der Waals surface area contributed by atoms with Gasteiger partial charge in [0.05, 0.1) is 55.0 Å². The molecule has 8 aromatic rings. The number of hydrogen-bond acceptors (Lipinski definition) is 10. The van der Waals surface area contributed by atoms with Crippen LogP contribution in [0.4, 0.5) is 34.1 Å². The van der Waals surface area contributed by atoms with Crippen molar-refractivity contribution in [2.24, 2.45) is 0 Å². The third-order valence-corrected chi connectivity index (χ3v) is 24.0. The molecule has 0 fully saturated rings. The molecule has 14 rings (SSSR count). The molecule has 2 aromatic heterocycles. The van der Waals surface area contributed by atoms with Crippen LogP contribution in [-0.4, -0.2) is 34.7 Å². The maximum Gasteiger partial charge on any atom is 0.261 e. The first-order chi connectivity index (χ1) is 50.3. The first-order valence-electron chi connectivity index (χ1n) is 39.8. The molecule has 0 saturated carbocycles. The number of para-hydroxylation sites is 4. The highest BCUT2D eigenvalue weighted by molar-refractivity contribution is 7.17. The van der Waals surface area contributed by atoms with E-state index in [1.54, 1.807) is 22.7 Å². The van der Waals surface area contributed by atoms with Crippen LogP contribution in [0.1, 0.15) is 254 Å². The summed E-state index contributed by atoms with van der Waals surface area (Å²) in [5.74, 6) is 6.28. The second kappa shape index (κ2) is 34.0. The van der Waals surface area contributed by atoms with Gasteiger partial charge in [-0.3, -0.25) is 19.4 Å². The van der Waals surface area contributed by atoms with Gasteiger partial charge in [0, 0.05) is 22.8 Å². The molecule has 0 spiro atoms. The average molecular weight is 1400 g/mol. The van der Waals surface area contributed by atoms with E-state index in [2.05, 4.69) is 159 Å². The minimum atomic E-state index is -0.0793. The van der Waals surface area contributed by atoms with Crippen LogP contribution in [0.15, 0.2) is 145 Å². The van der Waals surface area contributed by atoms with E-state index in [9.17, 15) is 0 Å². The van der Waals surface area contributed by atoms with Crippen molar-refractivity contribution >= 4 is 80.0 Å². The molecule has 10 nitrogen and oxygen atoms in total. The van der Waals surface area contributed by atoms with Gasteiger partial charge in [0.25, 0.3) is 11.8 Å². The van der Waals surface area contributed by atoms with Gasteiger partial charge in [-0.15, -0.1) is 22.7 Å². The van der Waals surface area contributed by atoms with Gasteiger partial charge in [-0.25, -0.2) is 0 Å². The van der Waals surface area contributed by atoms with Gasteiger partial charge >= 0.3 is 0 Å². The second-order valence-electron chi connectivity index (χ2n) is 29.3. The quantitative estimate of drug-likeness (QED) is 0.0351. The van der Waals surface area contributed by atoms with Crippen molar-refractivity contribution in [3.8, 4) is 66.9 Å². The average Bonchev–Trinajstić information content (AvgIpc) is 1.59. The molecule has 102 heavy (non-hydrogen) atoms. The summed E-state index contributed by atoms with van der Waals surface area (Å²) in [4.78, 5) is 44.1. The summed E-state index contributed by atoms with van der Waals surface area (Å²) in [6, 6.07) is 47.2. The number of hydrogen-bond donors (Lipinski definition) is 0. The van der Waals surface area contributed by atoms with Crippen LogP contribution in [0.3, 0.4) is 0 Å². The van der Waals surface area contributed by atoms with E-state index >= 15 is 9.59 Å². The highest BCUT2D eigenvalue weighted by Crippen LogP contribution is 2.63. The van der Waals surface area contributed by atoms with Crippen molar-refractivity contribution in [3.63, 3.8) is 0 Å². The zero-order chi connectivity index (χ0) is 69.7. The molecule has 6 aliphatic rings. The number of amides is 2. The molecule has 0 unspecified atom stereocenters. The second-order valence-corrected chi connectivity index (χ2v) is 31.5. The number of carbonyl (C=O) groups is 2. The number of rotatable bonds is 40. The smallest absolute Gasteiger partial charge is 0.261 e. The molecular formula is C90H106N4O6S2. The number of anilines is 6. The number of ether oxygens (including phenoxy) is 4. The number of aryl methyl sites for hydroxylation is 2. The van der Waals surface area contributed by atoms with Gasteiger partial charge < -0.3 is 28.7 Å². The molecule has 6 aliphatic heterocycles. The van der Waals surface area contributed by atoms with Crippen LogP contribution < -0.4 is 28.7 Å². The van der Waals surface area contributed by atoms with Crippen molar-refractivity contribution in [1.29, 1.82) is 0 Å². The maximum absolute atomic E-state index is 15.8. The van der Waals surface area contributed by atoms with Gasteiger partial charge in [0.15, 0.2) is 46.0 Å². The van der Waals surface area contributed by atoms with Crippen LogP contribution >= 0.6 is 22.7 Å². The Morgan fingerprint density at radius 3 is 0.961 bits per heavy atom.